The number of alkyl halides is 3. The van der Waals surface area contributed by atoms with Crippen LogP contribution in [0.4, 0.5) is 18.9 Å². The van der Waals surface area contributed by atoms with Gasteiger partial charge in [-0.15, -0.1) is 0 Å². The summed E-state index contributed by atoms with van der Waals surface area (Å²) in [5.41, 5.74) is 9.98. The molecule has 4 N–H and O–H groups in total. The third-order valence-electron chi connectivity index (χ3n) is 6.54. The van der Waals surface area contributed by atoms with Crippen molar-refractivity contribution in [3.05, 3.63) is 59.4 Å². The number of piperazine rings is 1. The molecule has 190 valence electrons. The van der Waals surface area contributed by atoms with Crippen molar-refractivity contribution in [3.8, 4) is 17.3 Å². The van der Waals surface area contributed by atoms with E-state index in [1.807, 2.05) is 12.1 Å². The van der Waals surface area contributed by atoms with Crippen molar-refractivity contribution in [2.75, 3.05) is 31.6 Å². The highest BCUT2D eigenvalue weighted by Crippen LogP contribution is 2.44. The highest BCUT2D eigenvalue weighted by atomic mass is 19.4. The van der Waals surface area contributed by atoms with Gasteiger partial charge in [0.2, 0.25) is 5.88 Å². The predicted molar refractivity (Wildman–Crippen MR) is 128 cm³/mol. The minimum absolute atomic E-state index is 0.245. The van der Waals surface area contributed by atoms with E-state index in [-0.39, 0.29) is 5.82 Å². The van der Waals surface area contributed by atoms with Gasteiger partial charge >= 0.3 is 6.18 Å². The van der Waals surface area contributed by atoms with Gasteiger partial charge in [0.25, 0.3) is 0 Å². The van der Waals surface area contributed by atoms with Crippen molar-refractivity contribution in [2.45, 2.75) is 24.9 Å². The lowest BCUT2D eigenvalue weighted by atomic mass is 10.0. The summed E-state index contributed by atoms with van der Waals surface area (Å²) < 4.78 is 46.0. The van der Waals surface area contributed by atoms with Gasteiger partial charge in [-0.2, -0.15) is 13.2 Å². The van der Waals surface area contributed by atoms with E-state index in [1.165, 1.54) is 10.9 Å². The molecule has 3 aromatic rings. The molecule has 2 aromatic heterocycles. The Hall–Kier alpha value is -3.80. The molecule has 12 heteroatoms. The number of benzene rings is 1. The van der Waals surface area contributed by atoms with Gasteiger partial charge in [0, 0.05) is 37.0 Å². The van der Waals surface area contributed by atoms with Crippen LogP contribution in [0.1, 0.15) is 35.7 Å². The molecule has 0 unspecified atom stereocenters. The number of aryl methyl sites for hydroxylation is 1. The number of nitrogens with zero attached hydrogens (tertiary/aromatic N) is 6. The SMILES string of the molecule is COc1ncnc(C2CC2)c1/C(N)=C1\CN(c2ccc(-c3nc(C(F)(F)F)cn3C)cc2)CCN1N. The lowest BCUT2D eigenvalue weighted by molar-refractivity contribution is -0.140. The van der Waals surface area contributed by atoms with E-state index in [4.69, 9.17) is 16.3 Å². The molecule has 1 saturated heterocycles. The van der Waals surface area contributed by atoms with Gasteiger partial charge in [0.05, 0.1) is 42.9 Å². The standard InChI is InChI=1S/C24H27F3N8O/c1-33-12-18(24(25,26)27)32-22(33)15-5-7-16(8-6-15)34-9-10-35(29)17(11-34)20(28)19-21(14-3-4-14)30-13-31-23(19)36-2/h5-8,12-14H,3-4,9-11,28-29H2,1-2H3/b20-17-. The molecule has 3 heterocycles. The third kappa shape index (κ3) is 4.43. The van der Waals surface area contributed by atoms with Gasteiger partial charge in [-0.3, -0.25) is 0 Å². The summed E-state index contributed by atoms with van der Waals surface area (Å²) in [7, 11) is 3.10. The zero-order valence-corrected chi connectivity index (χ0v) is 20.0. The molecule has 0 atom stereocenters. The predicted octanol–water partition coefficient (Wildman–Crippen LogP) is 3.11. The van der Waals surface area contributed by atoms with Gasteiger partial charge in [0.1, 0.15) is 12.2 Å². The Bertz CT molecular complexity index is 1300. The fraction of sp³-hybridized carbons (Fsp3) is 0.375. The van der Waals surface area contributed by atoms with Crippen LogP contribution in [0.25, 0.3) is 17.1 Å². The van der Waals surface area contributed by atoms with Crippen LogP contribution in [0, 0.1) is 0 Å². The molecule has 1 aliphatic carbocycles. The smallest absolute Gasteiger partial charge is 0.434 e. The van der Waals surface area contributed by atoms with E-state index in [0.717, 1.165) is 36.1 Å². The van der Waals surface area contributed by atoms with Crippen LogP contribution in [0.3, 0.4) is 0 Å². The summed E-state index contributed by atoms with van der Waals surface area (Å²) in [5.74, 6) is 7.32. The fourth-order valence-corrected chi connectivity index (χ4v) is 4.47. The fourth-order valence-electron chi connectivity index (χ4n) is 4.47. The molecule has 1 aromatic carbocycles. The van der Waals surface area contributed by atoms with Crippen LogP contribution in [-0.2, 0) is 13.2 Å². The van der Waals surface area contributed by atoms with Crippen molar-refractivity contribution < 1.29 is 17.9 Å². The zero-order valence-electron chi connectivity index (χ0n) is 20.0. The number of rotatable bonds is 5. The molecule has 1 saturated carbocycles. The minimum Gasteiger partial charge on any atom is -0.480 e. The molecule has 0 bridgehead atoms. The molecule has 0 spiro atoms. The lowest BCUT2D eigenvalue weighted by Crippen LogP contribution is -2.49. The Morgan fingerprint density at radius 3 is 2.44 bits per heavy atom. The minimum atomic E-state index is -4.49. The average Bonchev–Trinajstić information content (AvgIpc) is 3.63. The molecule has 0 radical (unpaired) electrons. The quantitative estimate of drug-likeness (QED) is 0.514. The number of halogens is 3. The number of hydrogen-bond acceptors (Lipinski definition) is 8. The maximum absolute atomic E-state index is 13.1. The van der Waals surface area contributed by atoms with Crippen molar-refractivity contribution in [1.82, 2.24) is 24.5 Å². The molecule has 5 rings (SSSR count). The number of ether oxygens (including phenoxy) is 1. The molecule has 2 aliphatic rings. The summed E-state index contributed by atoms with van der Waals surface area (Å²) in [4.78, 5) is 14.6. The van der Waals surface area contributed by atoms with Crippen LogP contribution in [0.5, 0.6) is 5.88 Å². The molecule has 1 aliphatic heterocycles. The second kappa shape index (κ2) is 9.01. The van der Waals surface area contributed by atoms with Crippen LogP contribution in [0.15, 0.2) is 42.5 Å². The number of hydrogen-bond donors (Lipinski definition) is 2. The van der Waals surface area contributed by atoms with Crippen LogP contribution in [-0.4, -0.2) is 51.3 Å². The summed E-state index contributed by atoms with van der Waals surface area (Å²) in [6.45, 7) is 1.61. The maximum Gasteiger partial charge on any atom is 0.434 e. The first-order valence-electron chi connectivity index (χ1n) is 11.5. The average molecular weight is 501 g/mol. The largest absolute Gasteiger partial charge is 0.480 e. The van der Waals surface area contributed by atoms with Gasteiger partial charge in [-0.25, -0.2) is 20.8 Å². The third-order valence-corrected chi connectivity index (χ3v) is 6.54. The number of hydrazine groups is 1. The highest BCUT2D eigenvalue weighted by molar-refractivity contribution is 5.73. The summed E-state index contributed by atoms with van der Waals surface area (Å²) in [5, 5.41) is 1.63. The highest BCUT2D eigenvalue weighted by Gasteiger charge is 2.35. The first-order chi connectivity index (χ1) is 17.2. The molecular formula is C24H27F3N8O. The molecule has 36 heavy (non-hydrogen) atoms. The number of imidazole rings is 1. The van der Waals surface area contributed by atoms with Crippen molar-refractivity contribution in [3.63, 3.8) is 0 Å². The van der Waals surface area contributed by atoms with Crippen LogP contribution >= 0.6 is 0 Å². The van der Waals surface area contributed by atoms with E-state index >= 15 is 0 Å². The summed E-state index contributed by atoms with van der Waals surface area (Å²) in [6, 6.07) is 7.25. The Balaban J connectivity index is 1.43. The first kappa shape index (κ1) is 23.9. The van der Waals surface area contributed by atoms with Crippen molar-refractivity contribution in [2.24, 2.45) is 18.6 Å². The van der Waals surface area contributed by atoms with E-state index < -0.39 is 11.9 Å². The van der Waals surface area contributed by atoms with Gasteiger partial charge in [-0.1, -0.05) is 0 Å². The monoisotopic (exact) mass is 500 g/mol. The van der Waals surface area contributed by atoms with Gasteiger partial charge in [0.15, 0.2) is 5.69 Å². The summed E-state index contributed by atoms with van der Waals surface area (Å²) >= 11 is 0. The molecular weight excluding hydrogens is 473 g/mol. The van der Waals surface area contributed by atoms with Crippen molar-refractivity contribution in [1.29, 1.82) is 0 Å². The van der Waals surface area contributed by atoms with E-state index in [2.05, 4.69) is 19.9 Å². The van der Waals surface area contributed by atoms with Gasteiger partial charge < -0.3 is 24.9 Å². The molecule has 9 nitrogen and oxygen atoms in total. The lowest BCUT2D eigenvalue weighted by Gasteiger charge is -2.37. The van der Waals surface area contributed by atoms with E-state index in [9.17, 15) is 13.2 Å². The Morgan fingerprint density at radius 2 is 1.83 bits per heavy atom. The number of anilines is 1. The van der Waals surface area contributed by atoms with Crippen LogP contribution in [0.2, 0.25) is 0 Å². The molecule has 0 amide bonds. The number of aromatic nitrogens is 4. The Labute approximate surface area is 206 Å². The summed E-state index contributed by atoms with van der Waals surface area (Å²) in [6.07, 6.45) is 0.0671. The second-order valence-electron chi connectivity index (χ2n) is 9.00. The molecule has 2 fully saturated rings. The topological polar surface area (TPSA) is 111 Å². The van der Waals surface area contributed by atoms with Crippen molar-refractivity contribution >= 4 is 11.4 Å². The second-order valence-corrected chi connectivity index (χ2v) is 9.00. The Morgan fingerprint density at radius 1 is 1.11 bits per heavy atom. The Kier molecular flexibility index (Phi) is 5.99. The zero-order chi connectivity index (χ0) is 25.6. The van der Waals surface area contributed by atoms with Crippen LogP contribution < -0.4 is 21.2 Å². The van der Waals surface area contributed by atoms with E-state index in [0.29, 0.717) is 48.3 Å². The maximum atomic E-state index is 13.1. The number of methoxy groups -OCH3 is 1. The first-order valence-corrected chi connectivity index (χ1v) is 11.5. The van der Waals surface area contributed by atoms with Gasteiger partial charge in [-0.05, 0) is 37.1 Å². The number of nitrogens with two attached hydrogens (primary N) is 2. The van der Waals surface area contributed by atoms with E-state index in [1.54, 1.807) is 31.3 Å². The normalized spacial score (nSPS) is 17.9.